The van der Waals surface area contributed by atoms with Crippen LogP contribution in [0.3, 0.4) is 0 Å². The van der Waals surface area contributed by atoms with Crippen molar-refractivity contribution >= 4 is 11.9 Å². The number of unbranched alkanes of at least 4 members (excludes halogenated alkanes) is 13. The lowest BCUT2D eigenvalue weighted by atomic mass is 10.0. The van der Waals surface area contributed by atoms with Crippen molar-refractivity contribution in [3.8, 4) is 11.5 Å². The third-order valence-electron chi connectivity index (χ3n) is 5.96. The fraction of sp³-hybridized carbons (Fsp3) is 0.733. The third kappa shape index (κ3) is 18.0. The van der Waals surface area contributed by atoms with Gasteiger partial charge in [-0.15, -0.1) is 0 Å². The maximum absolute atomic E-state index is 12.1. The molecule has 0 saturated carbocycles. The number of para-hydroxylation sites is 2. The molecule has 1 rings (SSSR count). The van der Waals surface area contributed by atoms with Gasteiger partial charge in [0.05, 0.1) is 12.7 Å². The Morgan fingerprint density at radius 1 is 0.657 bits per heavy atom. The largest absolute Gasteiger partial charge is 0.487 e. The standard InChI is InChI=1S/C30H50O5/c1-4-5-6-7-8-9-10-11-12-13-14-15-16-19-25-33-29(31)23-20-24-30(32)35-28-22-18-17-21-27(28)34-26(2)3/h17-18,21-22,26H,4-16,19-20,23-25H2,1-3H3. The normalized spacial score (nSPS) is 11.0. The number of esters is 2. The molecule has 1 aromatic carbocycles. The van der Waals surface area contributed by atoms with Crippen molar-refractivity contribution in [2.24, 2.45) is 0 Å². The summed E-state index contributed by atoms with van der Waals surface area (Å²) in [6.07, 6.45) is 19.1. The highest BCUT2D eigenvalue weighted by Crippen LogP contribution is 2.27. The zero-order valence-corrected chi connectivity index (χ0v) is 22.7. The molecule has 0 atom stereocenters. The van der Waals surface area contributed by atoms with Crippen LogP contribution in [0.15, 0.2) is 24.3 Å². The minimum atomic E-state index is -0.371. The van der Waals surface area contributed by atoms with Crippen molar-refractivity contribution in [3.63, 3.8) is 0 Å². The van der Waals surface area contributed by atoms with Gasteiger partial charge in [0.1, 0.15) is 0 Å². The summed E-state index contributed by atoms with van der Waals surface area (Å²) in [7, 11) is 0. The number of hydrogen-bond acceptors (Lipinski definition) is 5. The SMILES string of the molecule is CCCCCCCCCCCCCCCCOC(=O)CCCC(=O)Oc1ccccc1OC(C)C. The second-order valence-electron chi connectivity index (χ2n) is 9.76. The van der Waals surface area contributed by atoms with E-state index in [0.29, 0.717) is 24.5 Å². The molecule has 0 aliphatic rings. The van der Waals surface area contributed by atoms with E-state index in [4.69, 9.17) is 14.2 Å². The molecule has 0 N–H and O–H groups in total. The van der Waals surface area contributed by atoms with E-state index in [-0.39, 0.29) is 30.9 Å². The second-order valence-corrected chi connectivity index (χ2v) is 9.76. The molecule has 5 heteroatoms. The second kappa shape index (κ2) is 21.3. The van der Waals surface area contributed by atoms with Gasteiger partial charge in [0, 0.05) is 12.8 Å². The zero-order valence-electron chi connectivity index (χ0n) is 22.7. The van der Waals surface area contributed by atoms with Gasteiger partial charge in [0.25, 0.3) is 0 Å². The van der Waals surface area contributed by atoms with E-state index in [1.165, 1.54) is 77.0 Å². The molecule has 0 saturated heterocycles. The maximum atomic E-state index is 12.1. The van der Waals surface area contributed by atoms with Crippen LogP contribution < -0.4 is 9.47 Å². The van der Waals surface area contributed by atoms with Gasteiger partial charge in [-0.1, -0.05) is 103 Å². The number of hydrogen-bond donors (Lipinski definition) is 0. The van der Waals surface area contributed by atoms with Crippen LogP contribution in [0.4, 0.5) is 0 Å². The van der Waals surface area contributed by atoms with Crippen LogP contribution in [0.5, 0.6) is 11.5 Å². The Balaban J connectivity index is 1.94. The van der Waals surface area contributed by atoms with Crippen molar-refractivity contribution in [1.29, 1.82) is 0 Å². The summed E-state index contributed by atoms with van der Waals surface area (Å²) in [5.41, 5.74) is 0. The molecule has 0 aliphatic heterocycles. The molecule has 5 nitrogen and oxygen atoms in total. The van der Waals surface area contributed by atoms with Crippen LogP contribution in [0.1, 0.15) is 130 Å². The van der Waals surface area contributed by atoms with Crippen molar-refractivity contribution in [2.45, 2.75) is 136 Å². The highest BCUT2D eigenvalue weighted by atomic mass is 16.6. The summed E-state index contributed by atoms with van der Waals surface area (Å²) in [6, 6.07) is 7.12. The Kier molecular flexibility index (Phi) is 18.8. The van der Waals surface area contributed by atoms with Crippen LogP contribution >= 0.6 is 0 Å². The Labute approximate surface area is 214 Å². The lowest BCUT2D eigenvalue weighted by Gasteiger charge is -2.13. The van der Waals surface area contributed by atoms with E-state index in [9.17, 15) is 9.59 Å². The van der Waals surface area contributed by atoms with Crippen LogP contribution in [0, 0.1) is 0 Å². The molecule has 0 aliphatic carbocycles. The van der Waals surface area contributed by atoms with E-state index in [2.05, 4.69) is 6.92 Å². The smallest absolute Gasteiger partial charge is 0.311 e. The van der Waals surface area contributed by atoms with Gasteiger partial charge in [-0.3, -0.25) is 9.59 Å². The highest BCUT2D eigenvalue weighted by Gasteiger charge is 2.12. The summed E-state index contributed by atoms with van der Waals surface area (Å²) in [4.78, 5) is 24.0. The first kappa shape index (κ1) is 31.0. The summed E-state index contributed by atoms with van der Waals surface area (Å²) < 4.78 is 16.4. The van der Waals surface area contributed by atoms with Gasteiger partial charge in [-0.25, -0.2) is 0 Å². The Bertz CT molecular complexity index is 670. The molecular formula is C30H50O5. The molecule has 0 spiro atoms. The van der Waals surface area contributed by atoms with Gasteiger partial charge >= 0.3 is 11.9 Å². The lowest BCUT2D eigenvalue weighted by molar-refractivity contribution is -0.144. The molecule has 0 fully saturated rings. The number of rotatable bonds is 22. The molecule has 0 aromatic heterocycles. The number of carbonyl (C=O) groups is 2. The van der Waals surface area contributed by atoms with Crippen molar-refractivity contribution < 1.29 is 23.8 Å². The predicted molar refractivity (Wildman–Crippen MR) is 143 cm³/mol. The average molecular weight is 491 g/mol. The molecule has 200 valence electrons. The Hall–Kier alpha value is -2.04. The number of benzene rings is 1. The number of ether oxygens (including phenoxy) is 3. The Morgan fingerprint density at radius 2 is 1.14 bits per heavy atom. The number of carbonyl (C=O) groups excluding carboxylic acids is 2. The van der Waals surface area contributed by atoms with E-state index in [1.54, 1.807) is 18.2 Å². The quantitative estimate of drug-likeness (QED) is 0.0925. The minimum Gasteiger partial charge on any atom is -0.487 e. The van der Waals surface area contributed by atoms with Crippen molar-refractivity contribution in [1.82, 2.24) is 0 Å². The molecule has 0 unspecified atom stereocenters. The van der Waals surface area contributed by atoms with E-state index in [0.717, 1.165) is 12.8 Å². The van der Waals surface area contributed by atoms with Gasteiger partial charge < -0.3 is 14.2 Å². The molecule has 0 heterocycles. The fourth-order valence-corrected chi connectivity index (χ4v) is 3.99. The molecular weight excluding hydrogens is 440 g/mol. The molecule has 0 radical (unpaired) electrons. The van der Waals surface area contributed by atoms with Gasteiger partial charge in [-0.05, 0) is 38.8 Å². The van der Waals surface area contributed by atoms with Crippen molar-refractivity contribution in [3.05, 3.63) is 24.3 Å². The highest BCUT2D eigenvalue weighted by molar-refractivity contribution is 5.74. The maximum Gasteiger partial charge on any atom is 0.311 e. The van der Waals surface area contributed by atoms with Gasteiger partial charge in [-0.2, -0.15) is 0 Å². The molecule has 0 amide bonds. The first-order valence-electron chi connectivity index (χ1n) is 14.1. The lowest BCUT2D eigenvalue weighted by Crippen LogP contribution is -2.12. The summed E-state index contributed by atoms with van der Waals surface area (Å²) in [5, 5.41) is 0. The van der Waals surface area contributed by atoms with E-state index >= 15 is 0 Å². The zero-order chi connectivity index (χ0) is 25.6. The summed E-state index contributed by atoms with van der Waals surface area (Å²) in [6.45, 7) is 6.58. The van der Waals surface area contributed by atoms with E-state index < -0.39 is 0 Å². The van der Waals surface area contributed by atoms with Crippen LogP contribution in [-0.2, 0) is 14.3 Å². The first-order chi connectivity index (χ1) is 17.0. The fourth-order valence-electron chi connectivity index (χ4n) is 3.99. The molecule has 0 bridgehead atoms. The first-order valence-corrected chi connectivity index (χ1v) is 14.1. The monoisotopic (exact) mass is 490 g/mol. The average Bonchev–Trinajstić information content (AvgIpc) is 2.82. The van der Waals surface area contributed by atoms with Gasteiger partial charge in [0.15, 0.2) is 11.5 Å². The predicted octanol–water partition coefficient (Wildman–Crippen LogP) is 8.57. The van der Waals surface area contributed by atoms with E-state index in [1.807, 2.05) is 19.9 Å². The topological polar surface area (TPSA) is 61.8 Å². The summed E-state index contributed by atoms with van der Waals surface area (Å²) >= 11 is 0. The van der Waals surface area contributed by atoms with Crippen LogP contribution in [-0.4, -0.2) is 24.6 Å². The minimum absolute atomic E-state index is 0.00987. The van der Waals surface area contributed by atoms with Gasteiger partial charge in [0.2, 0.25) is 0 Å². The van der Waals surface area contributed by atoms with Crippen LogP contribution in [0.2, 0.25) is 0 Å². The third-order valence-corrected chi connectivity index (χ3v) is 5.96. The van der Waals surface area contributed by atoms with Crippen molar-refractivity contribution in [2.75, 3.05) is 6.61 Å². The summed E-state index contributed by atoms with van der Waals surface area (Å²) in [5.74, 6) is 0.343. The van der Waals surface area contributed by atoms with Crippen LogP contribution in [0.25, 0.3) is 0 Å². The molecule has 35 heavy (non-hydrogen) atoms. The Morgan fingerprint density at radius 3 is 1.69 bits per heavy atom. The molecule has 1 aromatic rings.